The van der Waals surface area contributed by atoms with E-state index in [0.29, 0.717) is 0 Å². The SMILES string of the molecule is C1=CS[C@@H]2[C@H](C1)[C@H]1C=C[C@@H]2C1. The van der Waals surface area contributed by atoms with Gasteiger partial charge in [-0.15, -0.1) is 11.8 Å². The van der Waals surface area contributed by atoms with Gasteiger partial charge in [-0.05, 0) is 36.0 Å². The lowest BCUT2D eigenvalue weighted by Crippen LogP contribution is -2.22. The molecule has 0 aromatic rings. The number of rotatable bonds is 0. The summed E-state index contributed by atoms with van der Waals surface area (Å²) in [6.45, 7) is 0. The Kier molecular flexibility index (Phi) is 1.25. The molecular weight excluding hydrogens is 152 g/mol. The Balaban J connectivity index is 1.96. The fourth-order valence-corrected chi connectivity index (χ4v) is 4.07. The largest absolute Gasteiger partial charge is 0.130 e. The van der Waals surface area contributed by atoms with E-state index in [2.05, 4.69) is 35.4 Å². The second kappa shape index (κ2) is 2.16. The predicted molar refractivity (Wildman–Crippen MR) is 49.4 cm³/mol. The number of hydrogen-bond donors (Lipinski definition) is 0. The molecule has 1 heteroatoms. The zero-order chi connectivity index (χ0) is 7.26. The standard InChI is InChI=1S/C10H12S/c1-2-9-7-3-4-8(6-7)10(9)11-5-1/h1,3-5,7-10H,2,6H2/t7-,8+,9+,10-/m0/s1. The van der Waals surface area contributed by atoms with E-state index >= 15 is 0 Å². The zero-order valence-electron chi connectivity index (χ0n) is 6.44. The maximum atomic E-state index is 2.45. The summed E-state index contributed by atoms with van der Waals surface area (Å²) in [6, 6.07) is 0. The minimum atomic E-state index is 0.917. The van der Waals surface area contributed by atoms with E-state index in [1.807, 2.05) is 0 Å². The highest BCUT2D eigenvalue weighted by Crippen LogP contribution is 2.52. The second-order valence-corrected chi connectivity index (χ2v) is 4.91. The van der Waals surface area contributed by atoms with Crippen LogP contribution < -0.4 is 0 Å². The number of allylic oxidation sites excluding steroid dienone is 3. The molecular formula is C10H12S. The summed E-state index contributed by atoms with van der Waals surface area (Å²) in [5.74, 6) is 2.84. The van der Waals surface area contributed by atoms with Gasteiger partial charge in [-0.25, -0.2) is 0 Å². The molecule has 0 spiro atoms. The number of thioether (sulfide) groups is 1. The summed E-state index contributed by atoms with van der Waals surface area (Å²) >= 11 is 2.07. The van der Waals surface area contributed by atoms with Crippen LogP contribution in [0.3, 0.4) is 0 Å². The Morgan fingerprint density at radius 2 is 2.09 bits per heavy atom. The molecule has 1 saturated carbocycles. The van der Waals surface area contributed by atoms with Crippen LogP contribution in [0.1, 0.15) is 12.8 Å². The fraction of sp³-hybridized carbons (Fsp3) is 0.600. The molecule has 0 radical (unpaired) electrons. The van der Waals surface area contributed by atoms with Crippen LogP contribution in [0, 0.1) is 17.8 Å². The van der Waals surface area contributed by atoms with Crippen molar-refractivity contribution in [1.29, 1.82) is 0 Å². The van der Waals surface area contributed by atoms with Gasteiger partial charge in [0.15, 0.2) is 0 Å². The molecule has 58 valence electrons. The van der Waals surface area contributed by atoms with Gasteiger partial charge in [0.1, 0.15) is 0 Å². The van der Waals surface area contributed by atoms with Gasteiger partial charge < -0.3 is 0 Å². The lowest BCUT2D eigenvalue weighted by Gasteiger charge is -2.28. The number of hydrogen-bond acceptors (Lipinski definition) is 1. The van der Waals surface area contributed by atoms with Gasteiger partial charge >= 0.3 is 0 Å². The normalized spacial score (nSPS) is 51.6. The van der Waals surface area contributed by atoms with Crippen LogP contribution in [0.4, 0.5) is 0 Å². The summed E-state index contributed by atoms with van der Waals surface area (Å²) in [6.07, 6.45) is 10.0. The van der Waals surface area contributed by atoms with Gasteiger partial charge in [-0.3, -0.25) is 0 Å². The van der Waals surface area contributed by atoms with E-state index in [-0.39, 0.29) is 0 Å². The number of fused-ring (bicyclic) bond motifs is 5. The molecule has 1 heterocycles. The van der Waals surface area contributed by atoms with Crippen LogP contribution in [-0.2, 0) is 0 Å². The van der Waals surface area contributed by atoms with Gasteiger partial charge in [0, 0.05) is 5.25 Å². The Labute approximate surface area is 71.8 Å². The Hall–Kier alpha value is -0.170. The summed E-state index contributed by atoms with van der Waals surface area (Å²) < 4.78 is 0. The van der Waals surface area contributed by atoms with Crippen molar-refractivity contribution < 1.29 is 0 Å². The van der Waals surface area contributed by atoms with Gasteiger partial charge in [-0.1, -0.05) is 18.2 Å². The van der Waals surface area contributed by atoms with E-state index in [9.17, 15) is 0 Å². The molecule has 0 nitrogen and oxygen atoms in total. The van der Waals surface area contributed by atoms with E-state index in [1.54, 1.807) is 0 Å². The highest BCUT2D eigenvalue weighted by atomic mass is 32.2. The van der Waals surface area contributed by atoms with Gasteiger partial charge in [-0.2, -0.15) is 0 Å². The average Bonchev–Trinajstić information content (AvgIpc) is 2.64. The predicted octanol–water partition coefficient (Wildman–Crippen LogP) is 2.83. The van der Waals surface area contributed by atoms with Crippen molar-refractivity contribution in [2.45, 2.75) is 18.1 Å². The van der Waals surface area contributed by atoms with E-state index in [0.717, 1.165) is 23.0 Å². The summed E-state index contributed by atoms with van der Waals surface area (Å²) in [4.78, 5) is 0. The van der Waals surface area contributed by atoms with Crippen molar-refractivity contribution in [2.75, 3.05) is 0 Å². The molecule has 0 aromatic carbocycles. The monoisotopic (exact) mass is 164 g/mol. The third kappa shape index (κ3) is 0.778. The Morgan fingerprint density at radius 1 is 1.18 bits per heavy atom. The van der Waals surface area contributed by atoms with Gasteiger partial charge in [0.25, 0.3) is 0 Å². The average molecular weight is 164 g/mol. The first-order valence-electron chi connectivity index (χ1n) is 4.44. The molecule has 2 aliphatic carbocycles. The van der Waals surface area contributed by atoms with E-state index in [4.69, 9.17) is 0 Å². The molecule has 0 N–H and O–H groups in total. The minimum Gasteiger partial charge on any atom is -0.130 e. The molecule has 4 atom stereocenters. The molecule has 0 saturated heterocycles. The maximum absolute atomic E-state index is 2.45. The highest BCUT2D eigenvalue weighted by Gasteiger charge is 2.44. The van der Waals surface area contributed by atoms with Crippen molar-refractivity contribution in [3.8, 4) is 0 Å². The third-order valence-electron chi connectivity index (χ3n) is 3.28. The first kappa shape index (κ1) is 6.36. The van der Waals surface area contributed by atoms with E-state index < -0.39 is 0 Å². The Morgan fingerprint density at radius 3 is 3.00 bits per heavy atom. The van der Waals surface area contributed by atoms with Crippen LogP contribution in [0.15, 0.2) is 23.6 Å². The van der Waals surface area contributed by atoms with Gasteiger partial charge in [0.2, 0.25) is 0 Å². The van der Waals surface area contributed by atoms with Crippen molar-refractivity contribution >= 4 is 11.8 Å². The van der Waals surface area contributed by atoms with Crippen molar-refractivity contribution in [3.63, 3.8) is 0 Å². The molecule has 3 aliphatic rings. The maximum Gasteiger partial charge on any atom is 0.0188 e. The van der Waals surface area contributed by atoms with Crippen molar-refractivity contribution in [2.24, 2.45) is 17.8 Å². The fourth-order valence-electron chi connectivity index (χ4n) is 2.75. The molecule has 3 rings (SSSR count). The summed E-state index contributed by atoms with van der Waals surface area (Å²) in [5, 5.41) is 3.24. The molecule has 0 unspecified atom stereocenters. The molecule has 0 aromatic heterocycles. The van der Waals surface area contributed by atoms with Crippen molar-refractivity contribution in [3.05, 3.63) is 23.6 Å². The molecule has 0 amide bonds. The minimum absolute atomic E-state index is 0.917. The van der Waals surface area contributed by atoms with Crippen LogP contribution in [0.2, 0.25) is 0 Å². The third-order valence-corrected chi connectivity index (χ3v) is 4.65. The Bertz CT molecular complexity index is 207. The molecule has 2 bridgehead atoms. The lowest BCUT2D eigenvalue weighted by molar-refractivity contribution is 0.462. The molecule has 11 heavy (non-hydrogen) atoms. The molecule has 1 fully saturated rings. The van der Waals surface area contributed by atoms with Crippen LogP contribution in [0.5, 0.6) is 0 Å². The highest BCUT2D eigenvalue weighted by molar-refractivity contribution is 8.02. The quantitative estimate of drug-likeness (QED) is 0.496. The smallest absolute Gasteiger partial charge is 0.0188 e. The van der Waals surface area contributed by atoms with E-state index in [1.165, 1.54) is 12.8 Å². The zero-order valence-corrected chi connectivity index (χ0v) is 7.26. The summed E-state index contributed by atoms with van der Waals surface area (Å²) in [7, 11) is 0. The second-order valence-electron chi connectivity index (χ2n) is 3.82. The van der Waals surface area contributed by atoms with Crippen LogP contribution >= 0.6 is 11.8 Å². The molecule has 1 aliphatic heterocycles. The van der Waals surface area contributed by atoms with Crippen LogP contribution in [0.25, 0.3) is 0 Å². The van der Waals surface area contributed by atoms with Crippen molar-refractivity contribution in [1.82, 2.24) is 0 Å². The van der Waals surface area contributed by atoms with Gasteiger partial charge in [0.05, 0.1) is 0 Å². The topological polar surface area (TPSA) is 0 Å². The van der Waals surface area contributed by atoms with Crippen LogP contribution in [-0.4, -0.2) is 5.25 Å². The first-order valence-corrected chi connectivity index (χ1v) is 5.38. The lowest BCUT2D eigenvalue weighted by atomic mass is 9.90. The summed E-state index contributed by atoms with van der Waals surface area (Å²) in [5.41, 5.74) is 0. The first-order chi connectivity index (χ1) is 5.45.